The Hall–Kier alpha value is -2.34. The second-order valence-electron chi connectivity index (χ2n) is 6.75. The summed E-state index contributed by atoms with van der Waals surface area (Å²) < 4.78 is 11.8. The summed E-state index contributed by atoms with van der Waals surface area (Å²) in [6, 6.07) is 8.71. The van der Waals surface area contributed by atoms with Crippen molar-refractivity contribution in [1.29, 1.82) is 0 Å². The number of aromatic nitrogens is 2. The molecule has 0 bridgehead atoms. The van der Waals surface area contributed by atoms with E-state index in [1.807, 2.05) is 0 Å². The minimum atomic E-state index is -0.982. The second-order valence-corrected chi connectivity index (χ2v) is 7.18. The zero-order valence-electron chi connectivity index (χ0n) is 14.9. The van der Waals surface area contributed by atoms with Crippen LogP contribution in [0.3, 0.4) is 0 Å². The van der Waals surface area contributed by atoms with Crippen molar-refractivity contribution in [3.8, 4) is 11.6 Å². The first-order valence-electron chi connectivity index (χ1n) is 8.61. The Kier molecular flexibility index (Phi) is 5.61. The van der Waals surface area contributed by atoms with Crippen LogP contribution in [0.25, 0.3) is 0 Å². The Morgan fingerprint density at radius 3 is 2.73 bits per heavy atom. The minimum Gasteiger partial charge on any atom is -0.478 e. The number of hydrogen-bond acceptors (Lipinski definition) is 5. The molecule has 26 heavy (non-hydrogen) atoms. The first-order valence-corrected chi connectivity index (χ1v) is 8.98. The Balaban J connectivity index is 1.63. The summed E-state index contributed by atoms with van der Waals surface area (Å²) in [6.45, 7) is 4.75. The Morgan fingerprint density at radius 1 is 1.27 bits per heavy atom. The molecule has 3 rings (SSSR count). The highest BCUT2D eigenvalue weighted by molar-refractivity contribution is 6.30. The maximum atomic E-state index is 13.0. The fourth-order valence-corrected chi connectivity index (χ4v) is 3.09. The van der Waals surface area contributed by atoms with E-state index < -0.39 is 5.60 Å². The molecule has 1 unspecified atom stereocenters. The molecule has 7 heteroatoms. The third-order valence-electron chi connectivity index (χ3n) is 4.21. The van der Waals surface area contributed by atoms with E-state index in [0.717, 1.165) is 12.8 Å². The summed E-state index contributed by atoms with van der Waals surface area (Å²) in [5.74, 6) is 1.07. The molecule has 1 aromatic carbocycles. The van der Waals surface area contributed by atoms with Crippen LogP contribution in [0.15, 0.2) is 42.9 Å². The number of piperidine rings is 1. The molecule has 138 valence electrons. The van der Waals surface area contributed by atoms with Gasteiger partial charge in [-0.1, -0.05) is 11.6 Å². The van der Waals surface area contributed by atoms with Gasteiger partial charge < -0.3 is 14.4 Å². The Morgan fingerprint density at radius 2 is 2.04 bits per heavy atom. The van der Waals surface area contributed by atoms with E-state index in [1.165, 1.54) is 6.33 Å². The largest absolute Gasteiger partial charge is 0.478 e. The molecule has 1 aromatic heterocycles. The van der Waals surface area contributed by atoms with Crippen LogP contribution >= 0.6 is 11.6 Å². The Bertz CT molecular complexity index is 737. The van der Waals surface area contributed by atoms with Crippen molar-refractivity contribution >= 4 is 17.5 Å². The quantitative estimate of drug-likeness (QED) is 0.801. The van der Waals surface area contributed by atoms with E-state index in [4.69, 9.17) is 21.1 Å². The number of rotatable bonds is 5. The molecule has 0 saturated carbocycles. The zero-order valence-corrected chi connectivity index (χ0v) is 15.6. The van der Waals surface area contributed by atoms with Gasteiger partial charge in [0.05, 0.1) is 6.54 Å². The van der Waals surface area contributed by atoms with Gasteiger partial charge in [0.2, 0.25) is 5.88 Å². The average molecular weight is 376 g/mol. The van der Waals surface area contributed by atoms with Gasteiger partial charge >= 0.3 is 0 Å². The van der Waals surface area contributed by atoms with Crippen molar-refractivity contribution in [1.82, 2.24) is 14.9 Å². The summed E-state index contributed by atoms with van der Waals surface area (Å²) >= 11 is 5.90. The van der Waals surface area contributed by atoms with Crippen LogP contribution in [0.1, 0.15) is 26.7 Å². The number of carbonyl (C=O) groups is 1. The molecule has 0 aliphatic carbocycles. The van der Waals surface area contributed by atoms with Gasteiger partial charge in [0.15, 0.2) is 5.60 Å². The van der Waals surface area contributed by atoms with Gasteiger partial charge in [-0.2, -0.15) is 0 Å². The van der Waals surface area contributed by atoms with E-state index in [-0.39, 0.29) is 12.0 Å². The zero-order chi connectivity index (χ0) is 18.6. The molecule has 1 saturated heterocycles. The second kappa shape index (κ2) is 7.91. The lowest BCUT2D eigenvalue weighted by Gasteiger charge is -2.37. The average Bonchev–Trinajstić information content (AvgIpc) is 2.64. The van der Waals surface area contributed by atoms with Crippen molar-refractivity contribution in [3.05, 3.63) is 47.9 Å². The summed E-state index contributed by atoms with van der Waals surface area (Å²) in [4.78, 5) is 22.7. The molecule has 6 nitrogen and oxygen atoms in total. The molecular weight excluding hydrogens is 354 g/mol. The highest BCUT2D eigenvalue weighted by Crippen LogP contribution is 2.24. The van der Waals surface area contributed by atoms with Crippen LogP contribution in [-0.4, -0.2) is 45.6 Å². The first-order chi connectivity index (χ1) is 12.4. The van der Waals surface area contributed by atoms with Gasteiger partial charge in [0, 0.05) is 23.8 Å². The lowest BCUT2D eigenvalue weighted by Crippen LogP contribution is -2.53. The number of carbonyl (C=O) groups excluding carboxylic acids is 1. The highest BCUT2D eigenvalue weighted by atomic mass is 35.5. The molecule has 0 N–H and O–H groups in total. The monoisotopic (exact) mass is 375 g/mol. The molecule has 2 heterocycles. The number of ether oxygens (including phenoxy) is 2. The van der Waals surface area contributed by atoms with Gasteiger partial charge in [-0.15, -0.1) is 0 Å². The number of amides is 1. The summed E-state index contributed by atoms with van der Waals surface area (Å²) in [5.41, 5.74) is -0.982. The topological polar surface area (TPSA) is 64.5 Å². The molecule has 0 radical (unpaired) electrons. The molecule has 1 atom stereocenters. The SMILES string of the molecule is CC(C)(Oc1ccc(Cl)cc1)C(=O)N1CCCC(Oc2ccncn2)C1. The van der Waals surface area contributed by atoms with E-state index in [0.29, 0.717) is 29.7 Å². The number of halogens is 1. The van der Waals surface area contributed by atoms with Crippen LogP contribution < -0.4 is 9.47 Å². The van der Waals surface area contributed by atoms with Crippen LogP contribution in [0.2, 0.25) is 5.02 Å². The van der Waals surface area contributed by atoms with E-state index in [2.05, 4.69) is 9.97 Å². The molecule has 0 spiro atoms. The van der Waals surface area contributed by atoms with E-state index >= 15 is 0 Å². The van der Waals surface area contributed by atoms with E-state index in [9.17, 15) is 4.79 Å². The van der Waals surface area contributed by atoms with Crippen molar-refractivity contribution < 1.29 is 14.3 Å². The molecule has 2 aromatic rings. The fraction of sp³-hybridized carbons (Fsp3) is 0.421. The third kappa shape index (κ3) is 4.64. The molecule has 1 fully saturated rings. The molecular formula is C19H22ClN3O3. The predicted octanol–water partition coefficient (Wildman–Crippen LogP) is 3.36. The van der Waals surface area contributed by atoms with Crippen molar-refractivity contribution in [2.24, 2.45) is 0 Å². The fourth-order valence-electron chi connectivity index (χ4n) is 2.96. The van der Waals surface area contributed by atoms with Crippen molar-refractivity contribution in [2.45, 2.75) is 38.4 Å². The molecule has 1 aliphatic heterocycles. The maximum absolute atomic E-state index is 13.0. The summed E-state index contributed by atoms with van der Waals surface area (Å²) in [7, 11) is 0. The van der Waals surface area contributed by atoms with Gasteiger partial charge in [0.25, 0.3) is 5.91 Å². The summed E-state index contributed by atoms with van der Waals surface area (Å²) in [6.07, 6.45) is 4.75. The van der Waals surface area contributed by atoms with Crippen molar-refractivity contribution in [2.75, 3.05) is 13.1 Å². The first kappa shape index (κ1) is 18.5. The molecule has 1 amide bonds. The smallest absolute Gasteiger partial charge is 0.266 e. The molecule has 1 aliphatic rings. The number of nitrogens with zero attached hydrogens (tertiary/aromatic N) is 3. The van der Waals surface area contributed by atoms with Gasteiger partial charge in [-0.05, 0) is 51.0 Å². The van der Waals surface area contributed by atoms with Gasteiger partial charge in [-0.3, -0.25) is 4.79 Å². The lowest BCUT2D eigenvalue weighted by molar-refractivity contribution is -0.148. The minimum absolute atomic E-state index is 0.0663. The number of benzene rings is 1. The van der Waals surface area contributed by atoms with Gasteiger partial charge in [0.1, 0.15) is 18.2 Å². The Labute approximate surface area is 158 Å². The van der Waals surface area contributed by atoms with Crippen LogP contribution in [0, 0.1) is 0 Å². The maximum Gasteiger partial charge on any atom is 0.266 e. The van der Waals surface area contributed by atoms with Crippen LogP contribution in [0.4, 0.5) is 0 Å². The standard InChI is InChI=1S/C19H22ClN3O3/c1-19(2,26-15-7-5-14(20)6-8-15)18(24)23-11-3-4-16(12-23)25-17-9-10-21-13-22-17/h5-10,13,16H,3-4,11-12H2,1-2H3. The normalized spacial score (nSPS) is 17.7. The number of likely N-dealkylation sites (tertiary alicyclic amines) is 1. The third-order valence-corrected chi connectivity index (χ3v) is 4.46. The summed E-state index contributed by atoms with van der Waals surface area (Å²) in [5, 5.41) is 0.627. The number of hydrogen-bond donors (Lipinski definition) is 0. The predicted molar refractivity (Wildman–Crippen MR) is 98.4 cm³/mol. The van der Waals surface area contributed by atoms with Crippen LogP contribution in [0.5, 0.6) is 11.6 Å². The van der Waals surface area contributed by atoms with Crippen LogP contribution in [-0.2, 0) is 4.79 Å². The van der Waals surface area contributed by atoms with Gasteiger partial charge in [-0.25, -0.2) is 9.97 Å². The van der Waals surface area contributed by atoms with E-state index in [1.54, 1.807) is 55.3 Å². The lowest BCUT2D eigenvalue weighted by atomic mass is 10.0. The van der Waals surface area contributed by atoms with Crippen molar-refractivity contribution in [3.63, 3.8) is 0 Å². The highest BCUT2D eigenvalue weighted by Gasteiger charge is 2.37.